The number of hydrogen-bond donors (Lipinski definition) is 0. The lowest BCUT2D eigenvalue weighted by Crippen LogP contribution is -2.32. The van der Waals surface area contributed by atoms with Crippen LogP contribution in [0.15, 0.2) is 145 Å². The van der Waals surface area contributed by atoms with E-state index in [1.54, 1.807) is 0 Å². The average molecular weight is 1260 g/mol. The Labute approximate surface area is 526 Å². The van der Waals surface area contributed by atoms with Crippen molar-refractivity contribution in [3.63, 3.8) is 0 Å². The molecule has 0 spiro atoms. The molecule has 10 nitrogen and oxygen atoms in total. The van der Waals surface area contributed by atoms with Crippen molar-refractivity contribution in [3.8, 4) is 53.9 Å². The second kappa shape index (κ2) is 20.7. The van der Waals surface area contributed by atoms with E-state index in [1.165, 1.54) is 71.7 Å². The molecule has 13 aromatic rings. The summed E-state index contributed by atoms with van der Waals surface area (Å²) in [5.41, 5.74) is 11.4. The molecular formula is C70H42F2N6O4S6. The molecule has 15 rings (SSSR count). The highest BCUT2D eigenvalue weighted by molar-refractivity contribution is 7.32. The summed E-state index contributed by atoms with van der Waals surface area (Å²) < 4.78 is 72.8. The molecule has 0 atom stereocenters. The maximum absolute atomic E-state index is 20.4. The number of carbonyl (C=O) groups is 2. The molecule has 426 valence electrons. The first kappa shape index (κ1) is 55.3. The predicted molar refractivity (Wildman–Crippen MR) is 350 cm³/mol. The number of esters is 2. The highest BCUT2D eigenvalue weighted by Crippen LogP contribution is 2.70. The molecule has 7 aromatic carbocycles. The first-order valence-electron chi connectivity index (χ1n) is 27.6. The molecule has 0 N–H and O–H groups in total. The van der Waals surface area contributed by atoms with E-state index in [0.29, 0.717) is 42.9 Å². The van der Waals surface area contributed by atoms with E-state index in [-0.39, 0.29) is 33.4 Å². The van der Waals surface area contributed by atoms with Crippen LogP contribution in [-0.4, -0.2) is 43.7 Å². The lowest BCUT2D eigenvalue weighted by Gasteiger charge is -2.36. The number of ether oxygens (including phenoxy) is 2. The van der Waals surface area contributed by atoms with Crippen LogP contribution in [-0.2, 0) is 29.9 Å². The number of fused-ring (bicyclic) bond motifs is 12. The number of halogens is 2. The van der Waals surface area contributed by atoms with Crippen LogP contribution in [0.5, 0.6) is 0 Å². The molecule has 6 heterocycles. The Morgan fingerprint density at radius 3 is 1.11 bits per heavy atom. The molecule has 0 aliphatic heterocycles. The van der Waals surface area contributed by atoms with Gasteiger partial charge in [0.2, 0.25) is 0 Å². The fourth-order valence-corrected chi connectivity index (χ4v) is 19.9. The molecule has 0 radical (unpaired) electrons. The third-order valence-electron chi connectivity index (χ3n) is 17.1. The van der Waals surface area contributed by atoms with Gasteiger partial charge in [-0.05, 0) is 74.2 Å². The first-order valence-corrected chi connectivity index (χ1v) is 32.4. The number of aryl methyl sites for hydroxylation is 4. The minimum atomic E-state index is -1.39. The van der Waals surface area contributed by atoms with Crippen molar-refractivity contribution in [1.29, 1.82) is 10.5 Å². The number of thiophene rings is 4. The van der Waals surface area contributed by atoms with Gasteiger partial charge in [-0.3, -0.25) is 0 Å². The van der Waals surface area contributed by atoms with Crippen molar-refractivity contribution in [1.82, 2.24) is 17.5 Å². The van der Waals surface area contributed by atoms with Crippen LogP contribution in [0, 0.1) is 62.0 Å². The summed E-state index contributed by atoms with van der Waals surface area (Å²) in [4.78, 5) is 28.1. The number of rotatable bonds is 10. The third kappa shape index (κ3) is 7.86. The van der Waals surface area contributed by atoms with Crippen molar-refractivity contribution < 1.29 is 27.8 Å². The Morgan fingerprint density at radius 2 is 0.795 bits per heavy atom. The summed E-state index contributed by atoms with van der Waals surface area (Å²) in [5, 5.41) is 19.7. The van der Waals surface area contributed by atoms with Crippen molar-refractivity contribution in [2.24, 2.45) is 0 Å². The molecule has 2 aliphatic rings. The summed E-state index contributed by atoms with van der Waals surface area (Å²) in [6.45, 7) is 8.10. The van der Waals surface area contributed by atoms with E-state index >= 15 is 8.78 Å². The fourth-order valence-electron chi connectivity index (χ4n) is 13.1. The number of nitriles is 2. The van der Waals surface area contributed by atoms with Gasteiger partial charge < -0.3 is 9.47 Å². The standard InChI is InChI=1S/C70H42F2N6O4S6/c1-33-7-17-41(18-8-33)69(42-19-9-34(2)10-20-42)53-51(65-55(69)63-49(85-65)29-47(83-63)45-25-15-37(59-61(45)77-87-75-59)27-39(31-73)67(79)81-5)58(72)54-52(57(53)71)66-56(70(54,43-21-11-35(3)12-22-43)44-23-13-36(4)14-24-44)64-50(86-66)30-48(84-64)46-26-16-38(60-62(46)78-88-76-60)28-40(32-74)68(80)82-6/h7-30H,1-6H3/b39-27+,40-28+. The third-order valence-corrected chi connectivity index (χ3v) is 23.1. The molecule has 0 amide bonds. The SMILES string of the molecule is COC(=O)/C(C#N)=C/c1ccc(-c2cc3sc4c(c3s2)C(c2ccc(C)cc2)(c2ccc(C)cc2)c2c(F)c3c(c(F)c2-4)C(c2ccc(C)cc2)(c2ccc(C)cc2)c2c-3sc3cc(-c4ccc(/C=C(\C#N)C(=O)OC)c5nsnc45)sc23)c2nsnc12. The van der Waals surface area contributed by atoms with Crippen LogP contribution in [0.4, 0.5) is 8.78 Å². The molecule has 6 aromatic heterocycles. The zero-order valence-electron chi connectivity index (χ0n) is 47.4. The second-order valence-corrected chi connectivity index (χ2v) is 27.2. The molecule has 88 heavy (non-hydrogen) atoms. The molecule has 0 saturated heterocycles. The van der Waals surface area contributed by atoms with Gasteiger partial charge >= 0.3 is 11.9 Å². The lowest BCUT2D eigenvalue weighted by molar-refractivity contribution is -0.136. The zero-order valence-corrected chi connectivity index (χ0v) is 52.3. The summed E-state index contributed by atoms with van der Waals surface area (Å²) in [5.74, 6) is -2.52. The number of aromatic nitrogens is 4. The van der Waals surface area contributed by atoms with Gasteiger partial charge in [0.25, 0.3) is 0 Å². The molecule has 2 aliphatic carbocycles. The van der Waals surface area contributed by atoms with Crippen LogP contribution >= 0.6 is 68.8 Å². The van der Waals surface area contributed by atoms with Gasteiger partial charge in [-0.25, -0.2) is 18.4 Å². The number of benzene rings is 7. The number of carbonyl (C=O) groups excluding carboxylic acids is 2. The van der Waals surface area contributed by atoms with Gasteiger partial charge in [0.1, 0.15) is 57.0 Å². The summed E-state index contributed by atoms with van der Waals surface area (Å²) in [6.07, 6.45) is 2.92. The summed E-state index contributed by atoms with van der Waals surface area (Å²) in [6, 6.07) is 48.4. The van der Waals surface area contributed by atoms with E-state index in [9.17, 15) is 20.1 Å². The maximum atomic E-state index is 20.4. The normalized spacial score (nSPS) is 13.8. The quantitative estimate of drug-likeness (QED) is 0.0735. The molecule has 18 heteroatoms. The largest absolute Gasteiger partial charge is 0.465 e. The molecule has 0 unspecified atom stereocenters. The van der Waals surface area contributed by atoms with Gasteiger partial charge in [0.15, 0.2) is 0 Å². The van der Waals surface area contributed by atoms with Crippen LogP contribution in [0.1, 0.15) is 77.9 Å². The first-order chi connectivity index (χ1) is 42.7. The van der Waals surface area contributed by atoms with Gasteiger partial charge in [-0.2, -0.15) is 28.0 Å². The van der Waals surface area contributed by atoms with E-state index in [2.05, 4.69) is 69.4 Å². The lowest BCUT2D eigenvalue weighted by atomic mass is 9.65. The average Bonchev–Trinajstić information content (AvgIpc) is 1.48. The molecule has 0 saturated carbocycles. The smallest absolute Gasteiger partial charge is 0.348 e. The maximum Gasteiger partial charge on any atom is 0.348 e. The Bertz CT molecular complexity index is 4900. The Balaban J connectivity index is 1.03. The van der Waals surface area contributed by atoms with E-state index in [1.807, 2.05) is 113 Å². The number of methoxy groups -OCH3 is 2. The number of nitrogens with zero attached hydrogens (tertiary/aromatic N) is 6. The topological polar surface area (TPSA) is 152 Å². The van der Waals surface area contributed by atoms with Crippen molar-refractivity contribution in [2.75, 3.05) is 14.2 Å². The van der Waals surface area contributed by atoms with E-state index < -0.39 is 34.4 Å². The van der Waals surface area contributed by atoms with Crippen molar-refractivity contribution >= 4 is 134 Å². The second-order valence-electron chi connectivity index (χ2n) is 22.0. The Hall–Kier alpha value is -9.24. The Kier molecular flexibility index (Phi) is 13.0. The Morgan fingerprint density at radius 1 is 0.466 bits per heavy atom. The minimum Gasteiger partial charge on any atom is -0.465 e. The van der Waals surface area contributed by atoms with Crippen LogP contribution in [0.3, 0.4) is 0 Å². The summed E-state index contributed by atoms with van der Waals surface area (Å²) in [7, 11) is 2.45. The van der Waals surface area contributed by atoms with Crippen LogP contribution in [0.2, 0.25) is 0 Å². The summed E-state index contributed by atoms with van der Waals surface area (Å²) >= 11 is 8.05. The van der Waals surface area contributed by atoms with E-state index in [0.717, 1.165) is 119 Å². The van der Waals surface area contributed by atoms with E-state index in [4.69, 9.17) is 18.2 Å². The van der Waals surface area contributed by atoms with Gasteiger partial charge in [-0.1, -0.05) is 144 Å². The van der Waals surface area contributed by atoms with Crippen LogP contribution < -0.4 is 0 Å². The van der Waals surface area contributed by atoms with Gasteiger partial charge in [0, 0.05) is 84.5 Å². The molecule has 0 fully saturated rings. The van der Waals surface area contributed by atoms with Gasteiger partial charge in [0.05, 0.1) is 57.9 Å². The molecule has 0 bridgehead atoms. The highest BCUT2D eigenvalue weighted by atomic mass is 32.1. The highest BCUT2D eigenvalue weighted by Gasteiger charge is 2.59. The molecular weight excluding hydrogens is 1220 g/mol. The predicted octanol–water partition coefficient (Wildman–Crippen LogP) is 18.0. The van der Waals surface area contributed by atoms with Crippen LogP contribution in [0.25, 0.3) is 94.8 Å². The fraction of sp³-hybridized carbons (Fsp3) is 0.114. The minimum absolute atomic E-state index is 0.177. The monoisotopic (exact) mass is 1260 g/mol. The zero-order chi connectivity index (χ0) is 60.7. The van der Waals surface area contributed by atoms with Crippen molar-refractivity contribution in [2.45, 2.75) is 38.5 Å². The van der Waals surface area contributed by atoms with Gasteiger partial charge in [-0.15, -0.1) is 45.3 Å². The number of hydrogen-bond acceptors (Lipinski definition) is 16. The van der Waals surface area contributed by atoms with Crippen molar-refractivity contribution in [3.05, 3.63) is 234 Å².